The standard InChI is InChI=1S/C62H96O6/c1-4-7-10-13-16-19-22-25-28-30-31-32-35-37-40-43-46-49-52-55-61(64)67-58-59(57-66-60(63)54-51-48-45-42-39-36-33-27-24-21-18-15-12-9-6-3)68-62(65)56-53-50-47-44-41-38-34-29-26-23-20-17-14-11-8-5-2/h8-9,11-12,15-22,24-27,29,33,36,38-39,41,47,50,59H,4-7,10,13-14,23,28,30-32,34-35,37,40,42-46,48-49,51-58H2,1-3H3/b11-8-,12-9-,18-15-,19-16-,20-17-,24-21-,25-22-,29-26-,33-27-,39-36-,41-38-,50-47-. The molecule has 6 nitrogen and oxygen atoms in total. The second-order valence-corrected chi connectivity index (χ2v) is 17.2. The van der Waals surface area contributed by atoms with Gasteiger partial charge in [-0.05, 0) is 96.3 Å². The molecule has 0 aromatic rings. The van der Waals surface area contributed by atoms with Crippen molar-refractivity contribution < 1.29 is 28.6 Å². The molecule has 1 atom stereocenters. The highest BCUT2D eigenvalue weighted by Crippen LogP contribution is 2.13. The summed E-state index contributed by atoms with van der Waals surface area (Å²) < 4.78 is 16.7. The summed E-state index contributed by atoms with van der Waals surface area (Å²) in [4.78, 5) is 38.0. The Hall–Kier alpha value is -4.71. The predicted octanol–water partition coefficient (Wildman–Crippen LogP) is 18.0. The minimum atomic E-state index is -0.843. The second-order valence-electron chi connectivity index (χ2n) is 17.2. The van der Waals surface area contributed by atoms with Gasteiger partial charge in [-0.25, -0.2) is 0 Å². The van der Waals surface area contributed by atoms with E-state index in [1.54, 1.807) is 0 Å². The first-order valence-corrected chi connectivity index (χ1v) is 26.9. The van der Waals surface area contributed by atoms with Crippen LogP contribution in [-0.4, -0.2) is 37.2 Å². The Morgan fingerprint density at radius 3 is 1.13 bits per heavy atom. The molecule has 0 fully saturated rings. The minimum Gasteiger partial charge on any atom is -0.462 e. The van der Waals surface area contributed by atoms with Crippen molar-refractivity contribution >= 4 is 17.9 Å². The topological polar surface area (TPSA) is 78.9 Å². The van der Waals surface area contributed by atoms with Gasteiger partial charge >= 0.3 is 17.9 Å². The number of esters is 3. The molecule has 0 radical (unpaired) electrons. The average molecular weight is 937 g/mol. The van der Waals surface area contributed by atoms with Crippen molar-refractivity contribution in [1.82, 2.24) is 0 Å². The molecule has 0 saturated carbocycles. The van der Waals surface area contributed by atoms with E-state index in [9.17, 15) is 14.4 Å². The first-order chi connectivity index (χ1) is 33.5. The third-order valence-corrected chi connectivity index (χ3v) is 10.7. The number of ether oxygens (including phenoxy) is 3. The third-order valence-electron chi connectivity index (χ3n) is 10.7. The molecular formula is C62H96O6. The highest BCUT2D eigenvalue weighted by atomic mass is 16.6. The Kier molecular flexibility index (Phi) is 51.1. The lowest BCUT2D eigenvalue weighted by molar-refractivity contribution is -0.166. The summed E-state index contributed by atoms with van der Waals surface area (Å²) in [6.45, 7) is 6.23. The van der Waals surface area contributed by atoms with Crippen LogP contribution in [0.4, 0.5) is 0 Å². The molecule has 0 amide bonds. The van der Waals surface area contributed by atoms with Crippen LogP contribution in [0.25, 0.3) is 0 Å². The zero-order valence-electron chi connectivity index (χ0n) is 43.3. The Balaban J connectivity index is 4.57. The van der Waals surface area contributed by atoms with E-state index in [2.05, 4.69) is 106 Å². The van der Waals surface area contributed by atoms with Crippen molar-refractivity contribution in [3.63, 3.8) is 0 Å². The number of allylic oxidation sites excluding steroid dienone is 24. The van der Waals surface area contributed by atoms with Crippen molar-refractivity contribution in [2.75, 3.05) is 13.2 Å². The van der Waals surface area contributed by atoms with Gasteiger partial charge in [0.15, 0.2) is 6.10 Å². The molecule has 0 aromatic carbocycles. The van der Waals surface area contributed by atoms with E-state index >= 15 is 0 Å². The number of carbonyl (C=O) groups is 3. The molecule has 1 unspecified atom stereocenters. The second kappa shape index (κ2) is 54.9. The van der Waals surface area contributed by atoms with Gasteiger partial charge in [-0.1, -0.05) is 237 Å². The van der Waals surface area contributed by atoms with E-state index in [-0.39, 0.29) is 38.0 Å². The predicted molar refractivity (Wildman–Crippen MR) is 292 cm³/mol. The van der Waals surface area contributed by atoms with Gasteiger partial charge in [0.1, 0.15) is 13.2 Å². The van der Waals surface area contributed by atoms with Crippen LogP contribution in [-0.2, 0) is 28.6 Å². The maximum Gasteiger partial charge on any atom is 0.306 e. The van der Waals surface area contributed by atoms with Gasteiger partial charge in [0.25, 0.3) is 0 Å². The molecule has 0 spiro atoms. The van der Waals surface area contributed by atoms with E-state index < -0.39 is 12.1 Å². The fourth-order valence-corrected chi connectivity index (χ4v) is 6.74. The molecule has 0 heterocycles. The Labute approximate surface area is 417 Å². The van der Waals surface area contributed by atoms with Crippen LogP contribution in [0.1, 0.15) is 207 Å². The molecule has 6 heteroatoms. The molecule has 68 heavy (non-hydrogen) atoms. The lowest BCUT2D eigenvalue weighted by Crippen LogP contribution is -2.30. The fraction of sp³-hybridized carbons (Fsp3) is 0.565. The van der Waals surface area contributed by atoms with Crippen LogP contribution in [0.5, 0.6) is 0 Å². The van der Waals surface area contributed by atoms with Crippen LogP contribution in [0, 0.1) is 0 Å². The van der Waals surface area contributed by atoms with E-state index in [1.807, 2.05) is 60.8 Å². The van der Waals surface area contributed by atoms with Gasteiger partial charge in [0.05, 0.1) is 0 Å². The molecule has 0 aromatic heterocycles. The van der Waals surface area contributed by atoms with Gasteiger partial charge < -0.3 is 14.2 Å². The van der Waals surface area contributed by atoms with Crippen LogP contribution in [0.15, 0.2) is 146 Å². The highest BCUT2D eigenvalue weighted by Gasteiger charge is 2.19. The normalized spacial score (nSPS) is 13.3. The first-order valence-electron chi connectivity index (χ1n) is 26.9. The fourth-order valence-electron chi connectivity index (χ4n) is 6.74. The number of carbonyl (C=O) groups excluding carboxylic acids is 3. The number of hydrogen-bond acceptors (Lipinski definition) is 6. The van der Waals surface area contributed by atoms with Gasteiger partial charge in [-0.15, -0.1) is 0 Å². The molecule has 0 bridgehead atoms. The summed E-state index contributed by atoms with van der Waals surface area (Å²) in [5, 5.41) is 0. The van der Waals surface area contributed by atoms with Crippen LogP contribution < -0.4 is 0 Å². The van der Waals surface area contributed by atoms with Gasteiger partial charge in [-0.3, -0.25) is 14.4 Å². The molecule has 0 aliphatic rings. The molecule has 0 N–H and O–H groups in total. The monoisotopic (exact) mass is 937 g/mol. The highest BCUT2D eigenvalue weighted by molar-refractivity contribution is 5.71. The average Bonchev–Trinajstić information content (AvgIpc) is 3.34. The molecule has 0 saturated heterocycles. The maximum atomic E-state index is 12.8. The molecule has 0 aliphatic carbocycles. The number of rotatable bonds is 46. The molecule has 0 rings (SSSR count). The van der Waals surface area contributed by atoms with E-state index in [1.165, 1.54) is 77.0 Å². The maximum absolute atomic E-state index is 12.8. The smallest absolute Gasteiger partial charge is 0.306 e. The van der Waals surface area contributed by atoms with Crippen LogP contribution >= 0.6 is 0 Å². The van der Waals surface area contributed by atoms with Crippen LogP contribution in [0.3, 0.4) is 0 Å². The summed E-state index contributed by atoms with van der Waals surface area (Å²) in [5.74, 6) is -1.07. The molecule has 380 valence electrons. The van der Waals surface area contributed by atoms with Gasteiger partial charge in [0.2, 0.25) is 0 Å². The van der Waals surface area contributed by atoms with E-state index in [0.29, 0.717) is 19.3 Å². The van der Waals surface area contributed by atoms with E-state index in [0.717, 1.165) is 77.0 Å². The largest absolute Gasteiger partial charge is 0.462 e. The Bertz CT molecular complexity index is 1540. The lowest BCUT2D eigenvalue weighted by atomic mass is 10.1. The summed E-state index contributed by atoms with van der Waals surface area (Å²) in [6, 6.07) is 0. The number of unbranched alkanes of at least 4 members (excludes halogenated alkanes) is 16. The lowest BCUT2D eigenvalue weighted by Gasteiger charge is -2.18. The van der Waals surface area contributed by atoms with Crippen molar-refractivity contribution in [2.45, 2.75) is 213 Å². The summed E-state index contributed by atoms with van der Waals surface area (Å²) in [5.41, 5.74) is 0. The Morgan fingerprint density at radius 2 is 0.676 bits per heavy atom. The SMILES string of the molecule is CC\C=C/C=C\C=C/C=C\C=C/CCCCCC(=O)OCC(COC(=O)CCCCCCCCCCCC/C=C\C=C/CCCCC)OC(=O)CC/C=C\C/C=C\C/C=C\C/C=C\C/C=C\CC. The molecule has 0 aliphatic heterocycles. The van der Waals surface area contributed by atoms with Crippen molar-refractivity contribution in [3.05, 3.63) is 146 Å². The quantitative estimate of drug-likeness (QED) is 0.0199. The number of hydrogen-bond donors (Lipinski definition) is 0. The van der Waals surface area contributed by atoms with Gasteiger partial charge in [-0.2, -0.15) is 0 Å². The third kappa shape index (κ3) is 52.3. The first kappa shape index (κ1) is 63.3. The van der Waals surface area contributed by atoms with E-state index in [4.69, 9.17) is 14.2 Å². The van der Waals surface area contributed by atoms with Gasteiger partial charge in [0, 0.05) is 19.3 Å². The van der Waals surface area contributed by atoms with Crippen molar-refractivity contribution in [2.24, 2.45) is 0 Å². The summed E-state index contributed by atoms with van der Waals surface area (Å²) in [6.07, 6.45) is 78.4. The minimum absolute atomic E-state index is 0.129. The summed E-state index contributed by atoms with van der Waals surface area (Å²) in [7, 11) is 0. The summed E-state index contributed by atoms with van der Waals surface area (Å²) >= 11 is 0. The van der Waals surface area contributed by atoms with Crippen molar-refractivity contribution in [3.8, 4) is 0 Å². The van der Waals surface area contributed by atoms with Crippen molar-refractivity contribution in [1.29, 1.82) is 0 Å². The Morgan fingerprint density at radius 1 is 0.324 bits per heavy atom. The van der Waals surface area contributed by atoms with Crippen LogP contribution in [0.2, 0.25) is 0 Å². The zero-order chi connectivity index (χ0) is 49.3. The molecular weight excluding hydrogens is 841 g/mol. The zero-order valence-corrected chi connectivity index (χ0v) is 43.3.